The molecule has 0 heterocycles. The Morgan fingerprint density at radius 3 is 1.62 bits per heavy atom. The lowest BCUT2D eigenvalue weighted by Crippen LogP contribution is -2.33. The molecule has 0 saturated heterocycles. The highest BCUT2D eigenvalue weighted by Crippen LogP contribution is 2.06. The number of thiol groups is 1. The third-order valence-corrected chi connectivity index (χ3v) is 1.98. The van der Waals surface area contributed by atoms with Crippen LogP contribution in [0.2, 0.25) is 0 Å². The van der Waals surface area contributed by atoms with Crippen LogP contribution in [0, 0.1) is 11.8 Å². The van der Waals surface area contributed by atoms with E-state index in [0.717, 1.165) is 17.4 Å². The van der Waals surface area contributed by atoms with Crippen molar-refractivity contribution >= 4 is 29.2 Å². The minimum atomic E-state index is 0. The van der Waals surface area contributed by atoms with E-state index in [1.165, 1.54) is 0 Å². The molecule has 3 N–H and O–H groups in total. The minimum Gasteiger partial charge on any atom is -0.357 e. The fraction of sp³-hybridized carbons (Fsp3) is 0.889. The van der Waals surface area contributed by atoms with Gasteiger partial charge in [0.1, 0.15) is 4.32 Å². The van der Waals surface area contributed by atoms with E-state index in [4.69, 9.17) is 12.2 Å². The second kappa shape index (κ2) is 7.59. The quantitative estimate of drug-likeness (QED) is 0.567. The lowest BCUT2D eigenvalue weighted by atomic mass is 10.1. The first-order valence-corrected chi connectivity index (χ1v) is 5.27. The zero-order valence-electron chi connectivity index (χ0n) is 9.08. The highest BCUT2D eigenvalue weighted by Gasteiger charge is 2.09. The first kappa shape index (κ1) is 15.7. The zero-order valence-corrected chi connectivity index (χ0v) is 10.8. The van der Waals surface area contributed by atoms with Gasteiger partial charge < -0.3 is 11.1 Å². The van der Waals surface area contributed by atoms with Crippen molar-refractivity contribution in [3.8, 4) is 0 Å². The van der Waals surface area contributed by atoms with Gasteiger partial charge in [0, 0.05) is 13.1 Å². The molecule has 0 saturated carbocycles. The molecule has 0 aliphatic heterocycles. The molecule has 80 valence electrons. The molecular weight excluding hydrogens is 200 g/mol. The van der Waals surface area contributed by atoms with Crippen LogP contribution in [0.15, 0.2) is 0 Å². The Hall–Kier alpha value is 0.200. The van der Waals surface area contributed by atoms with Crippen molar-refractivity contribution in [2.75, 3.05) is 13.1 Å². The minimum absolute atomic E-state index is 0. The van der Waals surface area contributed by atoms with Crippen molar-refractivity contribution in [3.63, 3.8) is 0 Å². The predicted molar refractivity (Wildman–Crippen MR) is 67.9 cm³/mol. The van der Waals surface area contributed by atoms with Crippen LogP contribution >= 0.6 is 24.8 Å². The van der Waals surface area contributed by atoms with Gasteiger partial charge in [0.05, 0.1) is 0 Å². The van der Waals surface area contributed by atoms with E-state index in [1.807, 2.05) is 0 Å². The summed E-state index contributed by atoms with van der Waals surface area (Å²) in [6.45, 7) is 10.8. The van der Waals surface area contributed by atoms with Crippen molar-refractivity contribution in [3.05, 3.63) is 0 Å². The maximum atomic E-state index is 5.04. The normalized spacial score (nSPS) is 10.1. The molecule has 0 rings (SSSR count). The van der Waals surface area contributed by atoms with Gasteiger partial charge in [0.15, 0.2) is 0 Å². The summed E-state index contributed by atoms with van der Waals surface area (Å²) in [4.78, 5) is 2.16. The van der Waals surface area contributed by atoms with Crippen LogP contribution in [-0.4, -0.2) is 22.3 Å². The van der Waals surface area contributed by atoms with Gasteiger partial charge in [-0.25, -0.2) is 0 Å². The van der Waals surface area contributed by atoms with Crippen molar-refractivity contribution in [2.24, 2.45) is 11.8 Å². The molecule has 0 aromatic carbocycles. The van der Waals surface area contributed by atoms with Crippen molar-refractivity contribution < 1.29 is 0 Å². The summed E-state index contributed by atoms with van der Waals surface area (Å²) in [5.41, 5.74) is 0. The second-order valence-electron chi connectivity index (χ2n) is 3.98. The smallest absolute Gasteiger partial charge is 0.133 e. The summed E-state index contributed by atoms with van der Waals surface area (Å²) in [5, 5.41) is 0. The van der Waals surface area contributed by atoms with E-state index < -0.39 is 0 Å². The Bertz CT molecular complexity index is 137. The molecule has 4 heteroatoms. The van der Waals surface area contributed by atoms with Crippen molar-refractivity contribution in [2.45, 2.75) is 27.7 Å². The van der Waals surface area contributed by atoms with Crippen LogP contribution < -0.4 is 6.15 Å². The molecule has 0 spiro atoms. The van der Waals surface area contributed by atoms with Gasteiger partial charge in [-0.15, -0.1) is 12.6 Å². The van der Waals surface area contributed by atoms with Crippen LogP contribution in [0.4, 0.5) is 0 Å². The molecule has 0 fully saturated rings. The SMILES string of the molecule is CC(C)CN(CC(C)C)C(=S)S.N. The largest absolute Gasteiger partial charge is 0.357 e. The van der Waals surface area contributed by atoms with E-state index in [-0.39, 0.29) is 6.15 Å². The topological polar surface area (TPSA) is 38.2 Å². The standard InChI is InChI=1S/C9H19NS2.H3N/c1-7(2)5-10(9(11)12)6-8(3)4;/h7-8H,5-6H2,1-4H3,(H,11,12);1H3. The van der Waals surface area contributed by atoms with Crippen LogP contribution in [-0.2, 0) is 0 Å². The zero-order chi connectivity index (χ0) is 9.72. The second-order valence-corrected chi connectivity index (χ2v) is 5.09. The maximum Gasteiger partial charge on any atom is 0.133 e. The van der Waals surface area contributed by atoms with Gasteiger partial charge in [-0.3, -0.25) is 0 Å². The molecule has 0 aliphatic rings. The van der Waals surface area contributed by atoms with Gasteiger partial charge in [-0.2, -0.15) is 0 Å². The first-order valence-electron chi connectivity index (χ1n) is 4.41. The third kappa shape index (κ3) is 8.53. The number of thiocarbonyl (C=S) groups is 1. The van der Waals surface area contributed by atoms with E-state index in [9.17, 15) is 0 Å². The Morgan fingerprint density at radius 2 is 1.46 bits per heavy atom. The van der Waals surface area contributed by atoms with Crippen LogP contribution in [0.25, 0.3) is 0 Å². The molecule has 0 amide bonds. The van der Waals surface area contributed by atoms with Gasteiger partial charge in [0.2, 0.25) is 0 Å². The Kier molecular flexibility index (Phi) is 9.14. The van der Waals surface area contributed by atoms with Crippen molar-refractivity contribution in [1.29, 1.82) is 0 Å². The van der Waals surface area contributed by atoms with Gasteiger partial charge in [-0.1, -0.05) is 39.9 Å². The number of rotatable bonds is 4. The number of hydrogen-bond acceptors (Lipinski definition) is 2. The molecule has 0 aromatic rings. The molecule has 2 nitrogen and oxygen atoms in total. The average molecular weight is 222 g/mol. The Labute approximate surface area is 93.1 Å². The molecule has 0 bridgehead atoms. The lowest BCUT2D eigenvalue weighted by molar-refractivity contribution is 0.338. The summed E-state index contributed by atoms with van der Waals surface area (Å²) in [5.74, 6) is 1.29. The Balaban J connectivity index is 0. The van der Waals surface area contributed by atoms with Gasteiger partial charge in [0.25, 0.3) is 0 Å². The summed E-state index contributed by atoms with van der Waals surface area (Å²) >= 11 is 9.24. The summed E-state index contributed by atoms with van der Waals surface area (Å²) in [7, 11) is 0. The van der Waals surface area contributed by atoms with E-state index >= 15 is 0 Å². The summed E-state index contributed by atoms with van der Waals surface area (Å²) in [6, 6.07) is 0. The molecular formula is C9H22N2S2. The Morgan fingerprint density at radius 1 is 1.15 bits per heavy atom. The highest BCUT2D eigenvalue weighted by atomic mass is 32.1. The molecule has 0 aliphatic carbocycles. The van der Waals surface area contributed by atoms with Crippen LogP contribution in [0.3, 0.4) is 0 Å². The molecule has 13 heavy (non-hydrogen) atoms. The fourth-order valence-electron chi connectivity index (χ4n) is 1.11. The molecule has 0 aromatic heterocycles. The highest BCUT2D eigenvalue weighted by molar-refractivity contribution is 8.10. The van der Waals surface area contributed by atoms with E-state index in [2.05, 4.69) is 45.2 Å². The van der Waals surface area contributed by atoms with E-state index in [1.54, 1.807) is 0 Å². The number of nitrogens with zero attached hydrogens (tertiary/aromatic N) is 1. The molecule has 0 radical (unpaired) electrons. The number of hydrogen-bond donors (Lipinski definition) is 2. The van der Waals surface area contributed by atoms with Crippen molar-refractivity contribution in [1.82, 2.24) is 11.1 Å². The summed E-state index contributed by atoms with van der Waals surface area (Å²) < 4.78 is 0.720. The summed E-state index contributed by atoms with van der Waals surface area (Å²) in [6.07, 6.45) is 0. The predicted octanol–water partition coefficient (Wildman–Crippen LogP) is 2.98. The van der Waals surface area contributed by atoms with Gasteiger partial charge >= 0.3 is 0 Å². The first-order chi connectivity index (χ1) is 5.43. The molecule has 0 unspecified atom stereocenters. The van der Waals surface area contributed by atoms with Crippen LogP contribution in [0.5, 0.6) is 0 Å². The van der Waals surface area contributed by atoms with Gasteiger partial charge in [-0.05, 0) is 11.8 Å². The third-order valence-electron chi connectivity index (χ3n) is 1.44. The fourth-order valence-corrected chi connectivity index (χ4v) is 1.42. The monoisotopic (exact) mass is 222 g/mol. The van der Waals surface area contributed by atoms with E-state index in [0.29, 0.717) is 11.8 Å². The molecule has 0 atom stereocenters. The lowest BCUT2D eigenvalue weighted by Gasteiger charge is -2.26. The van der Waals surface area contributed by atoms with Crippen LogP contribution in [0.1, 0.15) is 27.7 Å². The average Bonchev–Trinajstić information content (AvgIpc) is 1.83. The maximum absolute atomic E-state index is 5.04.